The zero-order valence-corrected chi connectivity index (χ0v) is 18.4. The van der Waals surface area contributed by atoms with Crippen molar-refractivity contribution >= 4 is 11.6 Å². The molecule has 1 atom stereocenters. The number of hydrogen-bond donors (Lipinski definition) is 1. The van der Waals surface area contributed by atoms with Gasteiger partial charge in [-0.15, -0.1) is 0 Å². The summed E-state index contributed by atoms with van der Waals surface area (Å²) in [5.41, 5.74) is 2.99. The Labute approximate surface area is 180 Å². The van der Waals surface area contributed by atoms with Gasteiger partial charge in [0.2, 0.25) is 5.91 Å². The van der Waals surface area contributed by atoms with E-state index in [0.717, 1.165) is 43.1 Å². The number of nitrogens with one attached hydrogen (secondary N) is 1. The van der Waals surface area contributed by atoms with Crippen LogP contribution in [0.15, 0.2) is 48.5 Å². The van der Waals surface area contributed by atoms with Crippen LogP contribution in [-0.4, -0.2) is 43.2 Å². The van der Waals surface area contributed by atoms with E-state index in [2.05, 4.69) is 36.2 Å². The average molecular weight is 411 g/mol. The van der Waals surface area contributed by atoms with Gasteiger partial charge in [0.05, 0.1) is 19.6 Å². The summed E-state index contributed by atoms with van der Waals surface area (Å²) in [6.45, 7) is 7.21. The number of amides is 1. The van der Waals surface area contributed by atoms with Gasteiger partial charge >= 0.3 is 0 Å². The summed E-state index contributed by atoms with van der Waals surface area (Å²) in [4.78, 5) is 14.8. The third-order valence-electron chi connectivity index (χ3n) is 5.56. The van der Waals surface area contributed by atoms with Crippen LogP contribution in [0.4, 0.5) is 5.69 Å². The number of rotatable bonds is 9. The monoisotopic (exact) mass is 410 g/mol. The Balaban J connectivity index is 1.53. The molecule has 2 aromatic rings. The summed E-state index contributed by atoms with van der Waals surface area (Å²) < 4.78 is 11.1. The second-order valence-corrected chi connectivity index (χ2v) is 8.29. The van der Waals surface area contributed by atoms with E-state index >= 15 is 0 Å². The Morgan fingerprint density at radius 1 is 1.17 bits per heavy atom. The number of benzene rings is 2. The maximum absolute atomic E-state index is 12.4. The average Bonchev–Trinajstić information content (AvgIpc) is 2.75. The molecule has 0 radical (unpaired) electrons. The normalized spacial score (nSPS) is 16.6. The lowest BCUT2D eigenvalue weighted by Gasteiger charge is -2.32. The molecule has 1 amide bonds. The number of methoxy groups -OCH3 is 1. The SMILES string of the molecule is COc1cccc(CC(=O)Nc2ccc(CN(CC3CCCCO3)C(C)C)cc2)c1. The number of nitrogens with zero attached hydrogens (tertiary/aromatic N) is 1. The molecule has 162 valence electrons. The minimum atomic E-state index is -0.0331. The molecular formula is C25H34N2O3. The minimum absolute atomic E-state index is 0.0331. The number of carbonyl (C=O) groups is 1. The van der Waals surface area contributed by atoms with Crippen molar-refractivity contribution in [3.05, 3.63) is 59.7 Å². The van der Waals surface area contributed by atoms with Crippen LogP contribution in [-0.2, 0) is 22.5 Å². The first-order valence-electron chi connectivity index (χ1n) is 10.9. The van der Waals surface area contributed by atoms with E-state index in [9.17, 15) is 4.79 Å². The van der Waals surface area contributed by atoms with E-state index in [0.29, 0.717) is 18.6 Å². The van der Waals surface area contributed by atoms with E-state index in [4.69, 9.17) is 9.47 Å². The van der Waals surface area contributed by atoms with Gasteiger partial charge in [0.15, 0.2) is 0 Å². The Morgan fingerprint density at radius 3 is 2.63 bits per heavy atom. The highest BCUT2D eigenvalue weighted by Gasteiger charge is 2.19. The van der Waals surface area contributed by atoms with Crippen molar-refractivity contribution in [2.45, 2.75) is 58.2 Å². The lowest BCUT2D eigenvalue weighted by Crippen LogP contribution is -2.39. The van der Waals surface area contributed by atoms with Gasteiger partial charge in [-0.25, -0.2) is 0 Å². The minimum Gasteiger partial charge on any atom is -0.497 e. The van der Waals surface area contributed by atoms with Gasteiger partial charge in [-0.3, -0.25) is 9.69 Å². The van der Waals surface area contributed by atoms with Crippen molar-refractivity contribution in [1.29, 1.82) is 0 Å². The predicted molar refractivity (Wildman–Crippen MR) is 121 cm³/mol. The Morgan fingerprint density at radius 2 is 1.97 bits per heavy atom. The van der Waals surface area contributed by atoms with Gasteiger partial charge < -0.3 is 14.8 Å². The Bertz CT molecular complexity index is 798. The second kappa shape index (κ2) is 11.1. The zero-order chi connectivity index (χ0) is 21.3. The molecule has 5 nitrogen and oxygen atoms in total. The fourth-order valence-corrected chi connectivity index (χ4v) is 3.77. The van der Waals surface area contributed by atoms with Crippen molar-refractivity contribution in [2.75, 3.05) is 25.6 Å². The maximum Gasteiger partial charge on any atom is 0.228 e. The quantitative estimate of drug-likeness (QED) is 0.653. The molecule has 0 bridgehead atoms. The third-order valence-corrected chi connectivity index (χ3v) is 5.56. The van der Waals surface area contributed by atoms with Crippen LogP contribution in [0.1, 0.15) is 44.2 Å². The molecule has 1 saturated heterocycles. The molecule has 1 aliphatic heterocycles. The fourth-order valence-electron chi connectivity index (χ4n) is 3.77. The molecule has 3 rings (SSSR count). The summed E-state index contributed by atoms with van der Waals surface area (Å²) in [5.74, 6) is 0.729. The highest BCUT2D eigenvalue weighted by atomic mass is 16.5. The van der Waals surface area contributed by atoms with Crippen LogP contribution >= 0.6 is 0 Å². The van der Waals surface area contributed by atoms with E-state index < -0.39 is 0 Å². The van der Waals surface area contributed by atoms with Crippen LogP contribution < -0.4 is 10.1 Å². The lowest BCUT2D eigenvalue weighted by atomic mass is 10.1. The highest BCUT2D eigenvalue weighted by molar-refractivity contribution is 5.92. The van der Waals surface area contributed by atoms with E-state index in [1.807, 2.05) is 36.4 Å². The van der Waals surface area contributed by atoms with Crippen LogP contribution in [0.2, 0.25) is 0 Å². The summed E-state index contributed by atoms with van der Waals surface area (Å²) in [7, 11) is 1.63. The van der Waals surface area contributed by atoms with Gasteiger partial charge in [-0.1, -0.05) is 24.3 Å². The van der Waals surface area contributed by atoms with Crippen LogP contribution in [0, 0.1) is 0 Å². The topological polar surface area (TPSA) is 50.8 Å². The van der Waals surface area contributed by atoms with Crippen molar-refractivity contribution in [1.82, 2.24) is 4.90 Å². The van der Waals surface area contributed by atoms with Crippen LogP contribution in [0.25, 0.3) is 0 Å². The Hall–Kier alpha value is -2.37. The molecule has 0 aromatic heterocycles. The second-order valence-electron chi connectivity index (χ2n) is 8.29. The van der Waals surface area contributed by atoms with E-state index in [-0.39, 0.29) is 5.91 Å². The standard InChI is InChI=1S/C25H34N2O3/c1-19(2)27(18-24-8-4-5-14-30-24)17-20-10-12-22(13-11-20)26-25(28)16-21-7-6-9-23(15-21)29-3/h6-7,9-13,15,19,24H,4-5,8,14,16-18H2,1-3H3,(H,26,28). The highest BCUT2D eigenvalue weighted by Crippen LogP contribution is 2.19. The number of carbonyl (C=O) groups excluding carboxylic acids is 1. The molecule has 0 saturated carbocycles. The van der Waals surface area contributed by atoms with Gasteiger partial charge in [-0.05, 0) is 68.5 Å². The maximum atomic E-state index is 12.4. The van der Waals surface area contributed by atoms with Crippen molar-refractivity contribution in [3.8, 4) is 5.75 Å². The molecule has 1 heterocycles. The largest absolute Gasteiger partial charge is 0.497 e. The van der Waals surface area contributed by atoms with Gasteiger partial charge in [0.25, 0.3) is 0 Å². The first-order chi connectivity index (χ1) is 14.5. The molecule has 30 heavy (non-hydrogen) atoms. The molecule has 0 spiro atoms. The van der Waals surface area contributed by atoms with E-state index in [1.54, 1.807) is 7.11 Å². The Kier molecular flexibility index (Phi) is 8.29. The predicted octanol–water partition coefficient (Wildman–Crippen LogP) is 4.66. The van der Waals surface area contributed by atoms with Gasteiger partial charge in [0.1, 0.15) is 5.75 Å². The van der Waals surface area contributed by atoms with Crippen LogP contribution in [0.5, 0.6) is 5.75 Å². The van der Waals surface area contributed by atoms with Crippen molar-refractivity contribution < 1.29 is 14.3 Å². The molecule has 1 N–H and O–H groups in total. The third kappa shape index (κ3) is 6.85. The summed E-state index contributed by atoms with van der Waals surface area (Å²) in [6, 6.07) is 16.2. The summed E-state index contributed by atoms with van der Waals surface area (Å²) in [5, 5.41) is 2.98. The molecule has 2 aromatic carbocycles. The number of anilines is 1. The van der Waals surface area contributed by atoms with Gasteiger partial charge in [-0.2, -0.15) is 0 Å². The molecule has 1 aliphatic rings. The smallest absolute Gasteiger partial charge is 0.228 e. The number of ether oxygens (including phenoxy) is 2. The van der Waals surface area contributed by atoms with Crippen LogP contribution in [0.3, 0.4) is 0 Å². The first kappa shape index (κ1) is 22.3. The zero-order valence-electron chi connectivity index (χ0n) is 18.4. The summed E-state index contributed by atoms with van der Waals surface area (Å²) >= 11 is 0. The van der Waals surface area contributed by atoms with Crippen molar-refractivity contribution in [2.24, 2.45) is 0 Å². The van der Waals surface area contributed by atoms with E-state index in [1.165, 1.54) is 18.4 Å². The lowest BCUT2D eigenvalue weighted by molar-refractivity contribution is -0.115. The first-order valence-corrected chi connectivity index (χ1v) is 10.9. The molecule has 1 unspecified atom stereocenters. The molecular weight excluding hydrogens is 376 g/mol. The molecule has 1 fully saturated rings. The number of hydrogen-bond acceptors (Lipinski definition) is 4. The molecule has 5 heteroatoms. The van der Waals surface area contributed by atoms with Crippen molar-refractivity contribution in [3.63, 3.8) is 0 Å². The molecule has 0 aliphatic carbocycles. The summed E-state index contributed by atoms with van der Waals surface area (Å²) in [6.07, 6.45) is 4.27. The fraction of sp³-hybridized carbons (Fsp3) is 0.480. The van der Waals surface area contributed by atoms with Gasteiger partial charge in [0, 0.05) is 31.4 Å².